The Labute approximate surface area is 223 Å². The first-order valence-electron chi connectivity index (χ1n) is 12.6. The summed E-state index contributed by atoms with van der Waals surface area (Å²) in [5.41, 5.74) is 6.03. The molecule has 0 bridgehead atoms. The highest BCUT2D eigenvalue weighted by atomic mass is 32.2. The molecule has 1 aliphatic rings. The van der Waals surface area contributed by atoms with Crippen molar-refractivity contribution in [3.05, 3.63) is 95.1 Å². The van der Waals surface area contributed by atoms with Gasteiger partial charge in [-0.3, -0.25) is 4.79 Å². The number of benzene rings is 3. The van der Waals surface area contributed by atoms with Gasteiger partial charge >= 0.3 is 0 Å². The van der Waals surface area contributed by atoms with Gasteiger partial charge in [-0.1, -0.05) is 79.7 Å². The van der Waals surface area contributed by atoms with E-state index >= 15 is 0 Å². The summed E-state index contributed by atoms with van der Waals surface area (Å²) in [6.45, 7) is 4.28. The van der Waals surface area contributed by atoms with E-state index in [0.717, 1.165) is 39.1 Å². The molecule has 1 aliphatic heterocycles. The molecule has 3 N–H and O–H groups in total. The second kappa shape index (κ2) is 13.2. The van der Waals surface area contributed by atoms with Crippen molar-refractivity contribution in [2.75, 3.05) is 18.1 Å². The number of aliphatic hydroxyl groups is 2. The van der Waals surface area contributed by atoms with Crippen molar-refractivity contribution in [3.63, 3.8) is 0 Å². The molecule has 37 heavy (non-hydrogen) atoms. The second-order valence-electron chi connectivity index (χ2n) is 9.31. The number of nitrogens with one attached hydrogen (secondary N) is 1. The zero-order valence-electron chi connectivity index (χ0n) is 21.3. The molecule has 196 valence electrons. The standard InChI is InChI=1S/C30H35NO5S/c1-20-28(19-37-16-15-32)35-30(36-29(20)24-9-7-22(18-33)8-10-24)25-13-11-23(12-14-25)27-6-4-3-5-26(27)17-31-21(2)34/h3-14,20,28-30,32-33H,15-19H2,1-2H3,(H,31,34). The molecule has 3 aromatic carbocycles. The van der Waals surface area contributed by atoms with Crippen molar-refractivity contribution >= 4 is 17.7 Å². The van der Waals surface area contributed by atoms with Gasteiger partial charge in [0, 0.05) is 36.5 Å². The van der Waals surface area contributed by atoms with Crippen LogP contribution in [0.25, 0.3) is 11.1 Å². The summed E-state index contributed by atoms with van der Waals surface area (Å²) < 4.78 is 13.0. The molecule has 4 atom stereocenters. The maximum atomic E-state index is 11.4. The quantitative estimate of drug-likeness (QED) is 0.326. The third kappa shape index (κ3) is 7.00. The van der Waals surface area contributed by atoms with Crippen LogP contribution in [0.2, 0.25) is 0 Å². The normalized spacial score (nSPS) is 21.5. The van der Waals surface area contributed by atoms with Crippen LogP contribution in [0.3, 0.4) is 0 Å². The second-order valence-corrected chi connectivity index (χ2v) is 10.5. The van der Waals surface area contributed by atoms with E-state index in [1.165, 1.54) is 6.92 Å². The number of aliphatic hydroxyl groups excluding tert-OH is 2. The van der Waals surface area contributed by atoms with Gasteiger partial charge in [-0.2, -0.15) is 11.8 Å². The summed E-state index contributed by atoms with van der Waals surface area (Å²) in [6.07, 6.45) is -0.734. The Balaban J connectivity index is 1.57. The minimum atomic E-state index is -0.526. The van der Waals surface area contributed by atoms with Gasteiger partial charge in [0.25, 0.3) is 0 Å². The lowest BCUT2D eigenvalue weighted by atomic mass is 9.91. The summed E-state index contributed by atoms with van der Waals surface area (Å²) in [7, 11) is 0. The fourth-order valence-electron chi connectivity index (χ4n) is 4.57. The fourth-order valence-corrected chi connectivity index (χ4v) is 5.48. The molecule has 1 fully saturated rings. The zero-order chi connectivity index (χ0) is 26.2. The Bertz CT molecular complexity index is 1150. The van der Waals surface area contributed by atoms with Crippen LogP contribution >= 0.6 is 11.8 Å². The van der Waals surface area contributed by atoms with Crippen LogP contribution in [-0.2, 0) is 27.4 Å². The van der Waals surface area contributed by atoms with Gasteiger partial charge in [0.15, 0.2) is 6.29 Å². The predicted molar refractivity (Wildman–Crippen MR) is 147 cm³/mol. The summed E-state index contributed by atoms with van der Waals surface area (Å²) in [4.78, 5) is 11.4. The average Bonchev–Trinajstić information content (AvgIpc) is 2.93. The lowest BCUT2D eigenvalue weighted by Gasteiger charge is -2.41. The van der Waals surface area contributed by atoms with Crippen LogP contribution in [0.5, 0.6) is 0 Å². The Kier molecular flexibility index (Phi) is 9.77. The molecule has 4 rings (SSSR count). The van der Waals surface area contributed by atoms with Crippen molar-refractivity contribution in [2.24, 2.45) is 5.92 Å². The molecule has 7 heteroatoms. The fraction of sp³-hybridized carbons (Fsp3) is 0.367. The third-order valence-corrected chi connectivity index (χ3v) is 7.72. The molecular formula is C30H35NO5S. The number of carbonyl (C=O) groups is 1. The summed E-state index contributed by atoms with van der Waals surface area (Å²) in [6, 6.07) is 24.1. The lowest BCUT2D eigenvalue weighted by Crippen LogP contribution is -2.38. The minimum Gasteiger partial charge on any atom is -0.396 e. The topological polar surface area (TPSA) is 88.0 Å². The highest BCUT2D eigenvalue weighted by Crippen LogP contribution is 2.42. The van der Waals surface area contributed by atoms with Gasteiger partial charge in [0.05, 0.1) is 25.4 Å². The van der Waals surface area contributed by atoms with E-state index in [0.29, 0.717) is 12.3 Å². The van der Waals surface area contributed by atoms with Crippen LogP contribution < -0.4 is 5.32 Å². The van der Waals surface area contributed by atoms with Gasteiger partial charge < -0.3 is 25.0 Å². The van der Waals surface area contributed by atoms with E-state index < -0.39 is 6.29 Å². The SMILES string of the molecule is CC(=O)NCc1ccccc1-c1ccc(C2OC(CSCCO)C(C)C(c3ccc(CO)cc3)O2)cc1. The van der Waals surface area contributed by atoms with Gasteiger partial charge in [-0.05, 0) is 27.8 Å². The van der Waals surface area contributed by atoms with Crippen LogP contribution in [0.15, 0.2) is 72.8 Å². The van der Waals surface area contributed by atoms with Crippen LogP contribution in [0, 0.1) is 5.92 Å². The predicted octanol–water partition coefficient (Wildman–Crippen LogP) is 5.00. The first-order valence-corrected chi connectivity index (χ1v) is 13.8. The number of hydrogen-bond donors (Lipinski definition) is 3. The average molecular weight is 522 g/mol. The largest absolute Gasteiger partial charge is 0.396 e. The van der Waals surface area contributed by atoms with Gasteiger partial charge in [-0.15, -0.1) is 0 Å². The van der Waals surface area contributed by atoms with Crippen molar-refractivity contribution in [1.29, 1.82) is 0 Å². The van der Waals surface area contributed by atoms with Gasteiger partial charge in [0.2, 0.25) is 5.91 Å². The lowest BCUT2D eigenvalue weighted by molar-refractivity contribution is -0.268. The molecule has 0 radical (unpaired) electrons. The Morgan fingerprint density at radius 3 is 2.32 bits per heavy atom. The summed E-state index contributed by atoms with van der Waals surface area (Å²) in [5, 5.41) is 21.6. The van der Waals surface area contributed by atoms with E-state index in [2.05, 4.69) is 30.4 Å². The third-order valence-electron chi connectivity index (χ3n) is 6.68. The monoisotopic (exact) mass is 521 g/mol. The maximum Gasteiger partial charge on any atom is 0.217 e. The van der Waals surface area contributed by atoms with Crippen molar-refractivity contribution in [3.8, 4) is 11.1 Å². The Morgan fingerprint density at radius 2 is 1.65 bits per heavy atom. The highest BCUT2D eigenvalue weighted by Gasteiger charge is 2.38. The molecular weight excluding hydrogens is 486 g/mol. The van der Waals surface area contributed by atoms with Gasteiger partial charge in [-0.25, -0.2) is 0 Å². The van der Waals surface area contributed by atoms with Crippen LogP contribution in [0.1, 0.15) is 48.5 Å². The van der Waals surface area contributed by atoms with Gasteiger partial charge in [0.1, 0.15) is 0 Å². The number of ether oxygens (including phenoxy) is 2. The number of carbonyl (C=O) groups excluding carboxylic acids is 1. The molecule has 0 aliphatic carbocycles. The molecule has 1 heterocycles. The molecule has 6 nitrogen and oxygen atoms in total. The van der Waals surface area contributed by atoms with Crippen molar-refractivity contribution in [1.82, 2.24) is 5.32 Å². The highest BCUT2D eigenvalue weighted by molar-refractivity contribution is 7.99. The Hall–Kier alpha value is -2.68. The van der Waals surface area contributed by atoms with Crippen LogP contribution in [0.4, 0.5) is 0 Å². The molecule has 0 spiro atoms. The molecule has 1 amide bonds. The molecule has 0 saturated carbocycles. The minimum absolute atomic E-state index is 0.00775. The van der Waals surface area contributed by atoms with Crippen molar-refractivity contribution in [2.45, 2.75) is 45.5 Å². The number of amides is 1. The van der Waals surface area contributed by atoms with Crippen molar-refractivity contribution < 1.29 is 24.5 Å². The zero-order valence-corrected chi connectivity index (χ0v) is 22.1. The van der Waals surface area contributed by atoms with Crippen LogP contribution in [-0.4, -0.2) is 40.3 Å². The van der Waals surface area contributed by atoms with E-state index in [1.54, 1.807) is 11.8 Å². The molecule has 0 aromatic heterocycles. The van der Waals surface area contributed by atoms with E-state index in [4.69, 9.17) is 9.47 Å². The number of rotatable bonds is 10. The molecule has 4 unspecified atom stereocenters. The molecule has 3 aromatic rings. The first kappa shape index (κ1) is 27.4. The number of thioether (sulfide) groups is 1. The van der Waals surface area contributed by atoms with E-state index in [-0.39, 0.29) is 37.2 Å². The first-order chi connectivity index (χ1) is 18.0. The van der Waals surface area contributed by atoms with E-state index in [9.17, 15) is 15.0 Å². The smallest absolute Gasteiger partial charge is 0.217 e. The van der Waals surface area contributed by atoms with E-state index in [1.807, 2.05) is 54.6 Å². The Morgan fingerprint density at radius 1 is 0.946 bits per heavy atom. The number of hydrogen-bond acceptors (Lipinski definition) is 6. The summed E-state index contributed by atoms with van der Waals surface area (Å²) >= 11 is 1.68. The maximum absolute atomic E-state index is 11.4. The molecule has 1 saturated heterocycles. The summed E-state index contributed by atoms with van der Waals surface area (Å²) in [5.74, 6) is 1.49.